The molecule has 0 aliphatic carbocycles. The second kappa shape index (κ2) is 7.62. The average Bonchev–Trinajstić information content (AvgIpc) is 2.55. The third kappa shape index (κ3) is 4.60. The molecule has 2 aromatic rings. The van der Waals surface area contributed by atoms with E-state index < -0.39 is 0 Å². The van der Waals surface area contributed by atoms with Gasteiger partial charge in [0.15, 0.2) is 6.19 Å². The molecular formula is C18H16N2O. The summed E-state index contributed by atoms with van der Waals surface area (Å²) in [6.07, 6.45) is 2.16. The quantitative estimate of drug-likeness (QED) is 0.489. The molecule has 0 unspecified atom stereocenters. The van der Waals surface area contributed by atoms with Crippen LogP contribution in [0.1, 0.15) is 11.1 Å². The summed E-state index contributed by atoms with van der Waals surface area (Å²) >= 11 is 0. The van der Waals surface area contributed by atoms with Gasteiger partial charge in [-0.05, 0) is 29.8 Å². The van der Waals surface area contributed by atoms with E-state index in [1.807, 2.05) is 54.6 Å². The maximum absolute atomic E-state index is 9.17. The van der Waals surface area contributed by atoms with Crippen LogP contribution in [0.2, 0.25) is 0 Å². The van der Waals surface area contributed by atoms with E-state index in [4.69, 9.17) is 10.00 Å². The van der Waals surface area contributed by atoms with Crippen LogP contribution in [0.4, 0.5) is 0 Å². The van der Waals surface area contributed by atoms with E-state index in [-0.39, 0.29) is 0 Å². The highest BCUT2D eigenvalue weighted by Gasteiger charge is 2.01. The molecule has 0 N–H and O–H groups in total. The molecule has 0 radical (unpaired) electrons. The van der Waals surface area contributed by atoms with Gasteiger partial charge in [-0.25, -0.2) is 0 Å². The molecule has 0 aromatic heterocycles. The Labute approximate surface area is 125 Å². The molecule has 0 heterocycles. The molecule has 3 nitrogen and oxygen atoms in total. The van der Waals surface area contributed by atoms with Gasteiger partial charge in [-0.1, -0.05) is 42.2 Å². The highest BCUT2D eigenvalue weighted by molar-refractivity contribution is 5.34. The molecule has 0 saturated carbocycles. The number of hydrogen-bond donors (Lipinski definition) is 0. The van der Waals surface area contributed by atoms with Crippen molar-refractivity contribution in [2.75, 3.05) is 13.7 Å². The summed E-state index contributed by atoms with van der Waals surface area (Å²) in [6.45, 7) is 0.960. The lowest BCUT2D eigenvalue weighted by atomic mass is 10.2. The minimum absolute atomic E-state index is 0.414. The molecule has 0 aliphatic heterocycles. The second-order valence-electron chi connectivity index (χ2n) is 4.47. The van der Waals surface area contributed by atoms with Crippen molar-refractivity contribution < 1.29 is 4.74 Å². The summed E-state index contributed by atoms with van der Waals surface area (Å²) in [7, 11) is 1.63. The van der Waals surface area contributed by atoms with Crippen LogP contribution in [-0.2, 0) is 6.54 Å². The minimum atomic E-state index is 0.414. The molecule has 0 spiro atoms. The molecule has 0 fully saturated rings. The number of nitriles is 1. The largest absolute Gasteiger partial charge is 0.497 e. The molecule has 0 aliphatic rings. The van der Waals surface area contributed by atoms with Gasteiger partial charge in [0, 0.05) is 5.56 Å². The van der Waals surface area contributed by atoms with Gasteiger partial charge >= 0.3 is 0 Å². The number of ether oxygens (including phenoxy) is 1. The Morgan fingerprint density at radius 3 is 2.38 bits per heavy atom. The number of nitrogens with zero attached hydrogens (tertiary/aromatic N) is 2. The first-order valence-corrected chi connectivity index (χ1v) is 6.63. The standard InChI is InChI=1S/C18H16N2O/c1-21-18-11-9-17(10-12-18)14-20(15-19)13-5-8-16-6-3-2-4-7-16/h2-4,6-7,9-12H,13-14H2,1H3. The van der Waals surface area contributed by atoms with E-state index in [1.165, 1.54) is 0 Å². The molecule has 104 valence electrons. The van der Waals surface area contributed by atoms with Crippen LogP contribution in [0, 0.1) is 23.3 Å². The zero-order valence-corrected chi connectivity index (χ0v) is 11.9. The van der Waals surface area contributed by atoms with Gasteiger partial charge in [-0.3, -0.25) is 4.90 Å². The van der Waals surface area contributed by atoms with Gasteiger partial charge in [0.1, 0.15) is 5.75 Å². The molecule has 0 saturated heterocycles. The lowest BCUT2D eigenvalue weighted by Crippen LogP contribution is -2.17. The topological polar surface area (TPSA) is 36.3 Å². The third-order valence-electron chi connectivity index (χ3n) is 2.95. The molecule has 0 amide bonds. The van der Waals surface area contributed by atoms with Crippen LogP contribution >= 0.6 is 0 Å². The van der Waals surface area contributed by atoms with E-state index in [0.29, 0.717) is 13.1 Å². The maximum Gasteiger partial charge on any atom is 0.180 e. The Bertz CT molecular complexity index is 660. The number of benzene rings is 2. The van der Waals surface area contributed by atoms with Crippen molar-refractivity contribution in [2.24, 2.45) is 0 Å². The van der Waals surface area contributed by atoms with Gasteiger partial charge in [-0.15, -0.1) is 0 Å². The Morgan fingerprint density at radius 2 is 1.76 bits per heavy atom. The van der Waals surface area contributed by atoms with Crippen molar-refractivity contribution in [2.45, 2.75) is 6.54 Å². The number of methoxy groups -OCH3 is 1. The van der Waals surface area contributed by atoms with Crippen LogP contribution in [0.15, 0.2) is 54.6 Å². The Morgan fingerprint density at radius 1 is 1.05 bits per heavy atom. The Hall–Kier alpha value is -2.91. The van der Waals surface area contributed by atoms with Gasteiger partial charge in [0.05, 0.1) is 20.2 Å². The lowest BCUT2D eigenvalue weighted by molar-refractivity contribution is 0.412. The normalized spacial score (nSPS) is 9.14. The minimum Gasteiger partial charge on any atom is -0.497 e. The highest BCUT2D eigenvalue weighted by atomic mass is 16.5. The van der Waals surface area contributed by atoms with Gasteiger partial charge in [0.25, 0.3) is 0 Å². The van der Waals surface area contributed by atoms with Crippen molar-refractivity contribution in [3.63, 3.8) is 0 Å². The zero-order valence-electron chi connectivity index (χ0n) is 11.9. The molecular weight excluding hydrogens is 260 g/mol. The predicted octanol–water partition coefficient (Wildman–Crippen LogP) is 3.03. The van der Waals surface area contributed by atoms with E-state index in [1.54, 1.807) is 12.0 Å². The summed E-state index contributed by atoms with van der Waals surface area (Å²) in [5.41, 5.74) is 2.01. The molecule has 0 bridgehead atoms. The second-order valence-corrected chi connectivity index (χ2v) is 4.47. The van der Waals surface area contributed by atoms with Crippen LogP contribution < -0.4 is 4.74 Å². The monoisotopic (exact) mass is 276 g/mol. The zero-order chi connectivity index (χ0) is 14.9. The smallest absolute Gasteiger partial charge is 0.180 e. The molecule has 2 aromatic carbocycles. The number of hydrogen-bond acceptors (Lipinski definition) is 3. The van der Waals surface area contributed by atoms with Crippen molar-refractivity contribution in [1.82, 2.24) is 4.90 Å². The molecule has 0 atom stereocenters. The van der Waals surface area contributed by atoms with Gasteiger partial charge < -0.3 is 4.74 Å². The fraction of sp³-hybridized carbons (Fsp3) is 0.167. The predicted molar refractivity (Wildman–Crippen MR) is 82.3 cm³/mol. The first kappa shape index (κ1) is 14.5. The average molecular weight is 276 g/mol. The van der Waals surface area contributed by atoms with Gasteiger partial charge in [-0.2, -0.15) is 5.26 Å². The first-order chi connectivity index (χ1) is 10.3. The van der Waals surface area contributed by atoms with Gasteiger partial charge in [0.2, 0.25) is 0 Å². The summed E-state index contributed by atoms with van der Waals surface area (Å²) in [4.78, 5) is 1.62. The third-order valence-corrected chi connectivity index (χ3v) is 2.95. The van der Waals surface area contributed by atoms with Crippen LogP contribution in [0.5, 0.6) is 5.75 Å². The summed E-state index contributed by atoms with van der Waals surface area (Å²) in [6, 6.07) is 17.4. The van der Waals surface area contributed by atoms with Crippen molar-refractivity contribution in [3.05, 3.63) is 65.7 Å². The van der Waals surface area contributed by atoms with Crippen LogP contribution in [0.25, 0.3) is 0 Å². The fourth-order valence-electron chi connectivity index (χ4n) is 1.84. The van der Waals surface area contributed by atoms with Crippen molar-refractivity contribution in [1.29, 1.82) is 5.26 Å². The van der Waals surface area contributed by atoms with E-state index >= 15 is 0 Å². The maximum atomic E-state index is 9.17. The Kier molecular flexibility index (Phi) is 5.26. The molecule has 3 heteroatoms. The fourth-order valence-corrected chi connectivity index (χ4v) is 1.84. The van der Waals surface area contributed by atoms with Crippen molar-refractivity contribution in [3.8, 4) is 23.8 Å². The summed E-state index contributed by atoms with van der Waals surface area (Å²) < 4.78 is 5.11. The SMILES string of the molecule is COc1ccc(CN(C#N)CC#Cc2ccccc2)cc1. The first-order valence-electron chi connectivity index (χ1n) is 6.63. The molecule has 2 rings (SSSR count). The number of rotatable bonds is 4. The highest BCUT2D eigenvalue weighted by Crippen LogP contribution is 2.12. The molecule has 21 heavy (non-hydrogen) atoms. The van der Waals surface area contributed by atoms with E-state index in [2.05, 4.69) is 18.0 Å². The van der Waals surface area contributed by atoms with Crippen LogP contribution in [0.3, 0.4) is 0 Å². The Balaban J connectivity index is 1.94. The summed E-state index contributed by atoms with van der Waals surface area (Å²) in [5, 5.41) is 9.17. The van der Waals surface area contributed by atoms with E-state index in [0.717, 1.165) is 16.9 Å². The lowest BCUT2D eigenvalue weighted by Gasteiger charge is -2.12. The van der Waals surface area contributed by atoms with E-state index in [9.17, 15) is 0 Å². The summed E-state index contributed by atoms with van der Waals surface area (Å²) in [5.74, 6) is 6.89. The van der Waals surface area contributed by atoms with Crippen LogP contribution in [-0.4, -0.2) is 18.6 Å². The van der Waals surface area contributed by atoms with Crippen molar-refractivity contribution >= 4 is 0 Å².